The smallest absolute Gasteiger partial charge is 0.0775 e. The predicted octanol–water partition coefficient (Wildman–Crippen LogP) is 30.2. The number of hydrogen-bond acceptors (Lipinski definition) is 6. The molecule has 1 unspecified atom stereocenters. The van der Waals surface area contributed by atoms with E-state index in [0.717, 1.165) is 82.6 Å². The molecule has 1 atom stereocenters. The molecule has 0 saturated heterocycles. The first-order valence-corrected chi connectivity index (χ1v) is 52.7. The molecule has 620 valence electrons. The summed E-state index contributed by atoms with van der Waals surface area (Å²) in [5.41, 5.74) is 16.5. The molecule has 0 bridgehead atoms. The van der Waals surface area contributed by atoms with Crippen molar-refractivity contribution in [3.8, 4) is 0 Å². The number of rotatable bonds is 16. The lowest BCUT2D eigenvalue weighted by Crippen LogP contribution is -2.37. The summed E-state index contributed by atoms with van der Waals surface area (Å²) in [5.74, 6) is 0.376. The molecule has 0 spiro atoms. The van der Waals surface area contributed by atoms with Crippen molar-refractivity contribution in [2.45, 2.75) is 98.1 Å². The van der Waals surface area contributed by atoms with Crippen LogP contribution in [0, 0.1) is 5.92 Å². The summed E-state index contributed by atoms with van der Waals surface area (Å²) >= 11 is 3.69. The Morgan fingerprint density at radius 1 is 0.397 bits per heavy atom. The van der Waals surface area contributed by atoms with Gasteiger partial charge in [-0.2, -0.15) is 0 Å². The number of nitrogens with zero attached hydrogens (tertiary/aromatic N) is 4. The molecule has 2 aromatic heterocycles. The maximum absolute atomic E-state index is 4.72. The molecule has 0 aliphatic heterocycles. The largest absolute Gasteiger partial charge is 0.317 e. The van der Waals surface area contributed by atoms with Gasteiger partial charge in [0.2, 0.25) is 0 Å². The first kappa shape index (κ1) is 83.7. The van der Waals surface area contributed by atoms with Crippen molar-refractivity contribution in [1.82, 2.24) is 0 Å². The fourth-order valence-corrected chi connectivity index (χ4v) is 22.9. The Hall–Kier alpha value is -13.2. The Kier molecular flexibility index (Phi) is 22.8. The molecule has 8 heteroatoms. The maximum atomic E-state index is 4.72. The first-order valence-electron chi connectivity index (χ1n) is 44.0. The van der Waals surface area contributed by atoms with E-state index in [1.54, 1.807) is 11.3 Å². The van der Waals surface area contributed by atoms with Crippen molar-refractivity contribution in [2.75, 3.05) is 19.6 Å². The highest BCUT2D eigenvalue weighted by atomic mass is 32.1. The van der Waals surface area contributed by atoms with Gasteiger partial charge in [-0.1, -0.05) is 378 Å². The summed E-state index contributed by atoms with van der Waals surface area (Å²) in [6.07, 6.45) is 23.0. The summed E-state index contributed by atoms with van der Waals surface area (Å²) in [4.78, 5) is 9.55. The van der Waals surface area contributed by atoms with E-state index in [-0.39, 0.29) is 10.8 Å². The monoisotopic (exact) mass is 1700 g/mol. The van der Waals surface area contributed by atoms with Crippen LogP contribution in [0.25, 0.3) is 109 Å². The second-order valence-corrected chi connectivity index (χ2v) is 49.8. The van der Waals surface area contributed by atoms with E-state index >= 15 is 0 Å². The van der Waals surface area contributed by atoms with E-state index < -0.39 is 16.1 Å². The molecule has 19 rings (SSSR count). The number of hydrogen-bond donors (Lipinski definition) is 0. The van der Waals surface area contributed by atoms with Gasteiger partial charge in [0.15, 0.2) is 0 Å². The molecule has 17 aromatic rings. The second kappa shape index (κ2) is 34.4. The van der Waals surface area contributed by atoms with Crippen LogP contribution in [-0.4, -0.2) is 16.1 Å². The molecule has 2 aliphatic carbocycles. The van der Waals surface area contributed by atoms with Crippen molar-refractivity contribution in [3.05, 3.63) is 425 Å². The van der Waals surface area contributed by atoms with Gasteiger partial charge in [-0.05, 0) is 197 Å². The normalized spacial score (nSPS) is 14.0. The van der Waals surface area contributed by atoms with Crippen LogP contribution in [0.1, 0.15) is 59.1 Å². The molecule has 0 radical (unpaired) electrons. The van der Waals surface area contributed by atoms with Gasteiger partial charge in [0.1, 0.15) is 0 Å². The molecule has 0 amide bonds. The zero-order valence-corrected chi connectivity index (χ0v) is 78.0. The van der Waals surface area contributed by atoms with Crippen molar-refractivity contribution >= 4 is 209 Å². The van der Waals surface area contributed by atoms with E-state index in [2.05, 4.69) is 477 Å². The van der Waals surface area contributed by atoms with Crippen molar-refractivity contribution in [1.29, 1.82) is 0 Å². The Balaban J connectivity index is 0.000000171. The minimum atomic E-state index is -1.49. The molecule has 2 aliphatic rings. The maximum Gasteiger partial charge on any atom is 0.0775 e. The standard InChI is InChI=1S/C60H52N2S.C58H56N2SSi2/c1-59(2,3)41-25-29-43(30-26-41)61(54-23-13-17-39-15-7-9-19-47(39)54)45-33-35-51-53(37-45)49-21-11-12-22-50(49)57-52-36-34-46(38-56(52)63-58(51)57)62(44-31-27-42(28-32-44)60(4,5)6)55-24-14-18-40-16-8-10-20-48(40)55;1-10-20-44-21-15-16-24-47(44)41-59(48-29-34-51(35-30-48)62(4,5)6)42(2)39-57-43(3)53-26-14-12-11-13-23-46-40-50(33-38-55(46)58(53)61-57)60(49-31-36-52(37-32-49)63(7,8)9)56-28-19-25-45-22-17-18-27-54(45)56/h7-17,19-38,40H,18H2,1-6H3;10-41H,1-3H2,4-9H3/b;12-11?,13-11?,14-12?,23-13?,26-14?,44-20-,46-23?,47-41+,53-26?,57-39+,58-55?. The van der Waals surface area contributed by atoms with Gasteiger partial charge >= 0.3 is 0 Å². The van der Waals surface area contributed by atoms with E-state index in [1.165, 1.54) is 118 Å². The molecule has 0 fully saturated rings. The van der Waals surface area contributed by atoms with Gasteiger partial charge in [-0.15, -0.1) is 22.7 Å². The lowest BCUT2D eigenvalue weighted by atomic mass is 9.85. The van der Waals surface area contributed by atoms with Gasteiger partial charge < -0.3 is 19.6 Å². The van der Waals surface area contributed by atoms with Crippen molar-refractivity contribution in [3.63, 3.8) is 0 Å². The highest BCUT2D eigenvalue weighted by Crippen LogP contribution is 2.50. The SMILES string of the molecule is C=C/C=c1/cccc/c1=C\N(C(=C)/C=c1/sc2c(ccccccc3cc(N(c4ccc([Si](C)(C)C)cc4)c4cccc5ccccc45)ccc32)c1=C)c1ccc([Si](C)(C)C)cc1.CC(C)(C)c1ccc(N(C2=C3C=CC=CC3CC=C2)c2ccc3c(c2)sc2c4ccc(N(c5ccc(C(C)(C)C)cc5)c5cccc6ccccc56)cc4c4ccccc4c32)cc1. The predicted molar refractivity (Wildman–Crippen MR) is 562 cm³/mol. The first-order chi connectivity index (χ1) is 60.8. The molecular weight excluding hydrogens is 1590 g/mol. The molecular formula is C118H108N4S2Si2. The molecule has 15 aromatic carbocycles. The number of allylic oxidation sites excluding steroid dienone is 9. The minimum Gasteiger partial charge on any atom is -0.317 e. The third kappa shape index (κ3) is 16.7. The van der Waals surface area contributed by atoms with E-state index in [4.69, 9.17) is 13.2 Å². The Morgan fingerprint density at radius 2 is 0.873 bits per heavy atom. The van der Waals surface area contributed by atoms with Crippen molar-refractivity contribution in [2.24, 2.45) is 5.92 Å². The number of anilines is 9. The molecule has 126 heavy (non-hydrogen) atoms. The van der Waals surface area contributed by atoms with Crippen LogP contribution in [0.2, 0.25) is 39.3 Å². The van der Waals surface area contributed by atoms with Crippen LogP contribution in [0.5, 0.6) is 0 Å². The molecule has 2 heterocycles. The van der Waals surface area contributed by atoms with Crippen LogP contribution in [0.4, 0.5) is 51.2 Å². The molecule has 4 nitrogen and oxygen atoms in total. The third-order valence-electron chi connectivity index (χ3n) is 24.9. The van der Waals surface area contributed by atoms with Gasteiger partial charge in [0, 0.05) is 114 Å². The number of thiophene rings is 2. The van der Waals surface area contributed by atoms with Crippen molar-refractivity contribution < 1.29 is 0 Å². The Morgan fingerprint density at radius 3 is 1.47 bits per heavy atom. The summed E-state index contributed by atoms with van der Waals surface area (Å²) in [6.45, 7) is 41.5. The minimum absolute atomic E-state index is 0.0646. The average molecular weight is 1700 g/mol. The lowest BCUT2D eigenvalue weighted by Gasteiger charge is -2.33. The van der Waals surface area contributed by atoms with Crippen LogP contribution in [0.15, 0.2) is 394 Å². The summed E-state index contributed by atoms with van der Waals surface area (Å²) < 4.78 is 4.86. The van der Waals surface area contributed by atoms with Gasteiger partial charge in [0.25, 0.3) is 0 Å². The van der Waals surface area contributed by atoms with E-state index in [1.807, 2.05) is 23.5 Å². The summed E-state index contributed by atoms with van der Waals surface area (Å²) in [5, 5.41) is 22.1. The summed E-state index contributed by atoms with van der Waals surface area (Å²) in [7, 11) is -2.99. The van der Waals surface area contributed by atoms with Gasteiger partial charge in [-0.25, -0.2) is 0 Å². The quantitative estimate of drug-likeness (QED) is 0.0706. The van der Waals surface area contributed by atoms with E-state index in [0.29, 0.717) is 5.92 Å². The fraction of sp³-hybridized carbons (Fsp3) is 0.136. The fourth-order valence-electron chi connectivity index (χ4n) is 18.0. The summed E-state index contributed by atoms with van der Waals surface area (Å²) in [6, 6.07) is 119. The van der Waals surface area contributed by atoms with Crippen LogP contribution < -0.4 is 50.2 Å². The number of fused-ring (bicyclic) bond motifs is 14. The average Bonchev–Trinajstić information content (AvgIpc) is 1.55. The van der Waals surface area contributed by atoms with Crippen LogP contribution in [0.3, 0.4) is 0 Å². The van der Waals surface area contributed by atoms with Gasteiger partial charge in [0.05, 0.1) is 27.5 Å². The Bertz CT molecular complexity index is 7590. The highest BCUT2D eigenvalue weighted by molar-refractivity contribution is 7.27. The molecule has 0 saturated carbocycles. The van der Waals surface area contributed by atoms with Crippen LogP contribution >= 0.6 is 22.7 Å². The third-order valence-corrected chi connectivity index (χ3v) is 31.5. The highest BCUT2D eigenvalue weighted by Gasteiger charge is 2.29. The number of benzene rings is 14. The Labute approximate surface area is 752 Å². The lowest BCUT2D eigenvalue weighted by molar-refractivity contribution is 0.590. The second-order valence-electron chi connectivity index (χ2n) is 37.5. The zero-order valence-electron chi connectivity index (χ0n) is 74.4. The zero-order chi connectivity index (χ0) is 87.3. The van der Waals surface area contributed by atoms with Crippen LogP contribution in [-0.2, 0) is 10.8 Å². The topological polar surface area (TPSA) is 13.0 Å². The van der Waals surface area contributed by atoms with E-state index in [9.17, 15) is 0 Å². The van der Waals surface area contributed by atoms with Gasteiger partial charge in [-0.3, -0.25) is 0 Å². The molecule has 0 N–H and O–H groups in total.